The maximum Gasteiger partial charge on any atom is 0.185 e. The van der Waals surface area contributed by atoms with Gasteiger partial charge < -0.3 is 22.1 Å². The van der Waals surface area contributed by atoms with Crippen molar-refractivity contribution >= 4 is 11.6 Å². The first-order valence-electron chi connectivity index (χ1n) is 25.7. The van der Waals surface area contributed by atoms with Gasteiger partial charge >= 0.3 is 0 Å². The van der Waals surface area contributed by atoms with Gasteiger partial charge in [-0.2, -0.15) is 20.7 Å². The predicted molar refractivity (Wildman–Crippen MR) is 289 cm³/mol. The van der Waals surface area contributed by atoms with E-state index in [1.807, 2.05) is 98.8 Å². The average molecular weight is 1020 g/mol. The quantitative estimate of drug-likeness (QED) is 0.0534. The summed E-state index contributed by atoms with van der Waals surface area (Å²) in [5, 5.41) is 35.0. The molecule has 0 bridgehead atoms. The Morgan fingerprint density at radius 3 is 1.34 bits per heavy atom. The van der Waals surface area contributed by atoms with Gasteiger partial charge in [0.25, 0.3) is 0 Å². The lowest BCUT2D eigenvalue weighted by Gasteiger charge is -2.21. The van der Waals surface area contributed by atoms with Gasteiger partial charge in [-0.05, 0) is 182 Å². The zero-order chi connectivity index (χ0) is 53.3. The molecule has 0 radical (unpaired) electrons. The SMILES string of the molecule is Cc1cc(C(=O)Cc2cc([C@H](NCC3CC3)c3cccc(C#N)c3)ccc2F)n(-c2cccc(CN)c2)n1.Cc1cc(C(=O)Cc2cc([C@H](NCC3CC3)c3cccc(C#N)c3)ccc2F)n(-c2cccc(CN)c2)n1. The first-order chi connectivity index (χ1) is 36.9. The molecule has 8 aromatic rings. The molecule has 2 aliphatic carbocycles. The number of nitrogens with two attached hydrogens (primary N) is 2. The molecule has 2 aromatic heterocycles. The lowest BCUT2D eigenvalue weighted by molar-refractivity contribution is 0.0976. The van der Waals surface area contributed by atoms with E-state index < -0.39 is 11.6 Å². The number of rotatable bonds is 20. The summed E-state index contributed by atoms with van der Waals surface area (Å²) in [5.41, 5.74) is 22.5. The summed E-state index contributed by atoms with van der Waals surface area (Å²) >= 11 is 0. The number of aryl methyl sites for hydroxylation is 2. The van der Waals surface area contributed by atoms with Gasteiger partial charge in [-0.3, -0.25) is 9.59 Å². The maximum absolute atomic E-state index is 15.0. The van der Waals surface area contributed by atoms with Gasteiger partial charge in [0.2, 0.25) is 0 Å². The molecule has 0 amide bonds. The van der Waals surface area contributed by atoms with Crippen molar-refractivity contribution in [2.24, 2.45) is 23.3 Å². The van der Waals surface area contributed by atoms with Crippen LogP contribution in [0.2, 0.25) is 0 Å². The molecule has 6 aromatic carbocycles. The molecule has 2 fully saturated rings. The van der Waals surface area contributed by atoms with E-state index in [1.54, 1.807) is 57.9 Å². The van der Waals surface area contributed by atoms with Crippen LogP contribution in [0, 0.1) is 60.0 Å². The Bertz CT molecular complexity index is 3260. The number of aromatic nitrogens is 4. The van der Waals surface area contributed by atoms with Crippen molar-refractivity contribution in [1.29, 1.82) is 10.5 Å². The Balaban J connectivity index is 0.000000186. The van der Waals surface area contributed by atoms with E-state index in [9.17, 15) is 20.1 Å². The monoisotopic (exact) mass is 1010 g/mol. The minimum Gasteiger partial charge on any atom is -0.326 e. The van der Waals surface area contributed by atoms with Crippen LogP contribution < -0.4 is 22.1 Å². The second-order valence-corrected chi connectivity index (χ2v) is 19.9. The Kier molecular flexibility index (Phi) is 16.6. The molecule has 6 N–H and O–H groups in total. The van der Waals surface area contributed by atoms with E-state index in [0.29, 0.717) is 70.0 Å². The topological polar surface area (TPSA) is 193 Å². The fraction of sp³-hybridized carbons (Fsp3) is 0.258. The normalized spacial score (nSPS) is 13.7. The summed E-state index contributed by atoms with van der Waals surface area (Å²) in [6.45, 7) is 6.09. The lowest BCUT2D eigenvalue weighted by Crippen LogP contribution is -2.25. The zero-order valence-electron chi connectivity index (χ0n) is 42.6. The van der Waals surface area contributed by atoms with Crippen LogP contribution in [0.15, 0.2) is 146 Å². The summed E-state index contributed by atoms with van der Waals surface area (Å²) < 4.78 is 33.3. The number of hydrogen-bond donors (Lipinski definition) is 4. The van der Waals surface area contributed by atoms with Gasteiger partial charge in [-0.1, -0.05) is 72.8 Å². The number of benzene rings is 6. The Morgan fingerprint density at radius 2 is 0.961 bits per heavy atom. The molecule has 0 spiro atoms. The molecule has 76 heavy (non-hydrogen) atoms. The molecule has 384 valence electrons. The fourth-order valence-electron chi connectivity index (χ4n) is 9.41. The number of carbonyl (C=O) groups excluding carboxylic acids is 2. The molecule has 2 heterocycles. The minimum atomic E-state index is -0.429. The van der Waals surface area contributed by atoms with E-state index in [0.717, 1.165) is 57.8 Å². The summed E-state index contributed by atoms with van der Waals surface area (Å²) in [4.78, 5) is 27.0. The standard InChI is InChI=1S/2C31H30FN5O/c2*1-20-12-29(37(36-20)27-7-3-5-23(14-27)18-34)30(38)16-26-15-25(10-11-28(26)32)31(35-19-21-8-9-21)24-6-2-4-22(13-24)17-33/h2*2-7,10-15,21,31,35H,8-9,16,18-19,34H2,1H3/t2*31-/m11/s1. The van der Waals surface area contributed by atoms with Crippen LogP contribution in [0.1, 0.15) is 126 Å². The van der Waals surface area contributed by atoms with Crippen molar-refractivity contribution < 1.29 is 18.4 Å². The van der Waals surface area contributed by atoms with Crippen LogP contribution in [0.25, 0.3) is 11.4 Å². The number of nitrogens with one attached hydrogen (secondary N) is 2. The lowest BCUT2D eigenvalue weighted by atomic mass is 9.94. The highest BCUT2D eigenvalue weighted by molar-refractivity contribution is 5.97. The van der Waals surface area contributed by atoms with Crippen LogP contribution >= 0.6 is 0 Å². The number of halogens is 2. The first kappa shape index (κ1) is 52.6. The second kappa shape index (κ2) is 24.0. The van der Waals surface area contributed by atoms with Gasteiger partial charge in [-0.15, -0.1) is 0 Å². The van der Waals surface area contributed by atoms with Crippen LogP contribution in [0.3, 0.4) is 0 Å². The van der Waals surface area contributed by atoms with Crippen LogP contribution in [0.5, 0.6) is 0 Å². The highest BCUT2D eigenvalue weighted by atomic mass is 19.1. The van der Waals surface area contributed by atoms with Crippen molar-refractivity contribution in [3.8, 4) is 23.5 Å². The van der Waals surface area contributed by atoms with Gasteiger partial charge in [0.1, 0.15) is 23.0 Å². The molecular formula is C62H60F2N10O2. The number of nitriles is 2. The third-order valence-corrected chi connectivity index (χ3v) is 13.8. The van der Waals surface area contributed by atoms with Gasteiger partial charge in [0.05, 0.1) is 58.1 Å². The largest absolute Gasteiger partial charge is 0.326 e. The minimum absolute atomic E-state index is 0.102. The zero-order valence-corrected chi connectivity index (χ0v) is 42.6. The van der Waals surface area contributed by atoms with Crippen molar-refractivity contribution in [3.63, 3.8) is 0 Å². The maximum atomic E-state index is 15.0. The highest BCUT2D eigenvalue weighted by Crippen LogP contribution is 2.33. The third kappa shape index (κ3) is 13.0. The molecule has 10 rings (SSSR count). The molecule has 0 saturated heterocycles. The number of Topliss-reactive ketones (excluding diaryl/α,β-unsaturated/α-hetero) is 2. The molecule has 0 unspecified atom stereocenters. The number of nitrogens with zero attached hydrogens (tertiary/aromatic N) is 6. The Morgan fingerprint density at radius 1 is 0.566 bits per heavy atom. The number of hydrogen-bond acceptors (Lipinski definition) is 10. The molecule has 12 nitrogen and oxygen atoms in total. The molecule has 2 saturated carbocycles. The van der Waals surface area contributed by atoms with Crippen molar-refractivity contribution in [1.82, 2.24) is 30.2 Å². The molecule has 2 aliphatic rings. The van der Waals surface area contributed by atoms with E-state index in [-0.39, 0.29) is 36.5 Å². The number of ketones is 2. The van der Waals surface area contributed by atoms with Gasteiger partial charge in [0.15, 0.2) is 11.6 Å². The van der Waals surface area contributed by atoms with Crippen LogP contribution in [0.4, 0.5) is 8.78 Å². The fourth-order valence-corrected chi connectivity index (χ4v) is 9.41. The van der Waals surface area contributed by atoms with Crippen LogP contribution in [-0.4, -0.2) is 44.2 Å². The first-order valence-corrected chi connectivity index (χ1v) is 25.7. The Labute approximate surface area is 442 Å². The average Bonchev–Trinajstić information content (AvgIpc) is 4.38. The summed E-state index contributed by atoms with van der Waals surface area (Å²) in [7, 11) is 0. The second-order valence-electron chi connectivity index (χ2n) is 19.9. The van der Waals surface area contributed by atoms with E-state index in [2.05, 4.69) is 33.0 Å². The Hall–Kier alpha value is -8.24. The van der Waals surface area contributed by atoms with E-state index in [4.69, 9.17) is 11.5 Å². The van der Waals surface area contributed by atoms with Crippen molar-refractivity contribution in [2.75, 3.05) is 13.1 Å². The van der Waals surface area contributed by atoms with Gasteiger partial charge in [0, 0.05) is 25.9 Å². The summed E-state index contributed by atoms with van der Waals surface area (Å²) in [6, 6.07) is 47.3. The smallest absolute Gasteiger partial charge is 0.185 e. The summed E-state index contributed by atoms with van der Waals surface area (Å²) in [5.74, 6) is -0.0371. The van der Waals surface area contributed by atoms with Gasteiger partial charge in [-0.25, -0.2) is 18.1 Å². The predicted octanol–water partition coefficient (Wildman–Crippen LogP) is 10.3. The molecule has 14 heteroatoms. The highest BCUT2D eigenvalue weighted by Gasteiger charge is 2.27. The van der Waals surface area contributed by atoms with E-state index >= 15 is 8.78 Å². The number of carbonyl (C=O) groups is 2. The van der Waals surface area contributed by atoms with Crippen molar-refractivity contribution in [3.05, 3.63) is 236 Å². The van der Waals surface area contributed by atoms with E-state index in [1.165, 1.54) is 37.8 Å². The van der Waals surface area contributed by atoms with Crippen molar-refractivity contribution in [2.45, 2.75) is 77.5 Å². The summed E-state index contributed by atoms with van der Waals surface area (Å²) in [6.07, 6.45) is 4.58. The third-order valence-electron chi connectivity index (χ3n) is 13.8. The molecule has 2 atom stereocenters. The molecule has 0 aliphatic heterocycles. The van der Waals surface area contributed by atoms with Crippen LogP contribution in [-0.2, 0) is 25.9 Å². The molecular weight excluding hydrogens is 955 g/mol.